The lowest BCUT2D eigenvalue weighted by Gasteiger charge is -2.35. The van der Waals surface area contributed by atoms with Gasteiger partial charge in [-0.25, -0.2) is 4.79 Å². The van der Waals surface area contributed by atoms with E-state index < -0.39 is 11.4 Å². The second kappa shape index (κ2) is 6.02. The molecule has 0 bridgehead atoms. The third-order valence-electron chi connectivity index (χ3n) is 5.13. The van der Waals surface area contributed by atoms with E-state index in [0.29, 0.717) is 12.3 Å². The molecule has 3 atom stereocenters. The van der Waals surface area contributed by atoms with E-state index in [0.717, 1.165) is 38.8 Å². The fourth-order valence-corrected chi connectivity index (χ4v) is 3.48. The Morgan fingerprint density at radius 1 is 1.35 bits per heavy atom. The Bertz CT molecular complexity index is 385. The Morgan fingerprint density at radius 2 is 2.10 bits per heavy atom. The minimum Gasteiger partial charge on any atom is -0.481 e. The van der Waals surface area contributed by atoms with Gasteiger partial charge in [-0.05, 0) is 38.5 Å². The number of piperidine rings is 1. The molecule has 5 heteroatoms. The molecule has 2 rings (SSSR count). The number of nitrogens with one attached hydrogen (secondary N) is 1. The Kier molecular flexibility index (Phi) is 4.55. The summed E-state index contributed by atoms with van der Waals surface area (Å²) in [6.07, 6.45) is 5.61. The van der Waals surface area contributed by atoms with E-state index in [9.17, 15) is 14.7 Å². The maximum absolute atomic E-state index is 12.3. The number of nitrogens with zero attached hydrogens (tertiary/aromatic N) is 1. The molecule has 1 saturated heterocycles. The molecule has 0 aromatic carbocycles. The number of carboxylic acids is 1. The molecule has 1 aliphatic carbocycles. The second-order valence-corrected chi connectivity index (χ2v) is 6.48. The molecule has 5 nitrogen and oxygen atoms in total. The number of carboxylic acid groups (broad SMARTS) is 1. The van der Waals surface area contributed by atoms with Gasteiger partial charge in [0.2, 0.25) is 0 Å². The average molecular weight is 282 g/mol. The van der Waals surface area contributed by atoms with Gasteiger partial charge in [-0.3, -0.25) is 4.79 Å². The van der Waals surface area contributed by atoms with Crippen LogP contribution in [-0.2, 0) is 4.79 Å². The zero-order valence-corrected chi connectivity index (χ0v) is 12.5. The Morgan fingerprint density at radius 3 is 2.75 bits per heavy atom. The predicted molar refractivity (Wildman–Crippen MR) is 76.5 cm³/mol. The lowest BCUT2D eigenvalue weighted by atomic mass is 9.85. The molecular weight excluding hydrogens is 256 g/mol. The number of likely N-dealkylation sites (tertiary alicyclic amines) is 1. The van der Waals surface area contributed by atoms with Gasteiger partial charge in [0.25, 0.3) is 0 Å². The van der Waals surface area contributed by atoms with Crippen molar-refractivity contribution >= 4 is 12.0 Å². The molecule has 0 radical (unpaired) electrons. The van der Waals surface area contributed by atoms with Crippen LogP contribution in [0.1, 0.15) is 52.4 Å². The highest BCUT2D eigenvalue weighted by Crippen LogP contribution is 2.38. The number of rotatable bonds is 3. The SMILES string of the molecule is CCC1CCCN(C(=O)NC2CCCC2(C)C(=O)O)C1. The van der Waals surface area contributed by atoms with E-state index in [1.807, 2.05) is 4.90 Å². The normalized spacial score (nSPS) is 34.0. The first-order valence-corrected chi connectivity index (χ1v) is 7.76. The van der Waals surface area contributed by atoms with Crippen molar-refractivity contribution < 1.29 is 14.7 Å². The van der Waals surface area contributed by atoms with Crippen LogP contribution in [0.5, 0.6) is 0 Å². The number of hydrogen-bond donors (Lipinski definition) is 2. The van der Waals surface area contributed by atoms with Crippen molar-refractivity contribution in [3.05, 3.63) is 0 Å². The van der Waals surface area contributed by atoms with Gasteiger partial charge in [-0.2, -0.15) is 0 Å². The van der Waals surface area contributed by atoms with Gasteiger partial charge in [0.1, 0.15) is 0 Å². The number of aliphatic carboxylic acids is 1. The molecule has 2 aliphatic rings. The van der Waals surface area contributed by atoms with Crippen LogP contribution in [0.2, 0.25) is 0 Å². The fraction of sp³-hybridized carbons (Fsp3) is 0.867. The van der Waals surface area contributed by atoms with Crippen LogP contribution >= 0.6 is 0 Å². The van der Waals surface area contributed by atoms with Crippen LogP contribution in [0.3, 0.4) is 0 Å². The summed E-state index contributed by atoms with van der Waals surface area (Å²) in [4.78, 5) is 25.6. The highest BCUT2D eigenvalue weighted by atomic mass is 16.4. The highest BCUT2D eigenvalue weighted by molar-refractivity contribution is 5.79. The molecule has 20 heavy (non-hydrogen) atoms. The van der Waals surface area contributed by atoms with E-state index >= 15 is 0 Å². The Labute approximate surface area is 120 Å². The van der Waals surface area contributed by atoms with E-state index in [2.05, 4.69) is 12.2 Å². The van der Waals surface area contributed by atoms with Crippen molar-refractivity contribution in [3.63, 3.8) is 0 Å². The van der Waals surface area contributed by atoms with Crippen LogP contribution in [0, 0.1) is 11.3 Å². The van der Waals surface area contributed by atoms with Crippen molar-refractivity contribution in [1.29, 1.82) is 0 Å². The zero-order valence-electron chi connectivity index (χ0n) is 12.5. The molecule has 2 amide bonds. The molecule has 114 valence electrons. The van der Waals surface area contributed by atoms with Crippen molar-refractivity contribution in [2.75, 3.05) is 13.1 Å². The maximum atomic E-state index is 12.3. The Balaban J connectivity index is 1.95. The summed E-state index contributed by atoms with van der Waals surface area (Å²) in [6, 6.07) is -0.322. The molecular formula is C15H26N2O3. The van der Waals surface area contributed by atoms with Crippen LogP contribution in [0.4, 0.5) is 4.79 Å². The molecule has 1 saturated carbocycles. The van der Waals surface area contributed by atoms with Crippen molar-refractivity contribution in [2.45, 2.75) is 58.4 Å². The smallest absolute Gasteiger partial charge is 0.317 e. The monoisotopic (exact) mass is 282 g/mol. The van der Waals surface area contributed by atoms with E-state index in [1.54, 1.807) is 6.92 Å². The zero-order chi connectivity index (χ0) is 14.8. The van der Waals surface area contributed by atoms with E-state index in [1.165, 1.54) is 6.42 Å². The molecule has 1 aliphatic heterocycles. The predicted octanol–water partition coefficient (Wildman–Crippen LogP) is 2.46. The maximum Gasteiger partial charge on any atom is 0.317 e. The number of urea groups is 1. The first-order valence-electron chi connectivity index (χ1n) is 7.76. The molecule has 0 spiro atoms. The lowest BCUT2D eigenvalue weighted by Crippen LogP contribution is -2.53. The van der Waals surface area contributed by atoms with Gasteiger partial charge in [0.05, 0.1) is 5.41 Å². The first kappa shape index (κ1) is 15.1. The minimum atomic E-state index is -0.810. The number of hydrogen-bond acceptors (Lipinski definition) is 2. The minimum absolute atomic E-state index is 0.0810. The summed E-state index contributed by atoms with van der Waals surface area (Å²) < 4.78 is 0. The van der Waals surface area contributed by atoms with E-state index in [-0.39, 0.29) is 12.1 Å². The molecule has 2 N–H and O–H groups in total. The van der Waals surface area contributed by atoms with Gasteiger partial charge in [0.15, 0.2) is 0 Å². The quantitative estimate of drug-likeness (QED) is 0.835. The highest BCUT2D eigenvalue weighted by Gasteiger charge is 2.46. The summed E-state index contributed by atoms with van der Waals surface area (Å²) in [5.41, 5.74) is -0.810. The molecule has 0 aromatic heterocycles. The molecule has 3 unspecified atom stereocenters. The van der Waals surface area contributed by atoms with Crippen molar-refractivity contribution in [3.8, 4) is 0 Å². The van der Waals surface area contributed by atoms with Crippen LogP contribution in [-0.4, -0.2) is 41.1 Å². The van der Waals surface area contributed by atoms with Crippen molar-refractivity contribution in [1.82, 2.24) is 10.2 Å². The van der Waals surface area contributed by atoms with Gasteiger partial charge >= 0.3 is 12.0 Å². The summed E-state index contributed by atoms with van der Waals surface area (Å²) >= 11 is 0. The number of carbonyl (C=O) groups is 2. The third kappa shape index (κ3) is 2.91. The summed E-state index contributed by atoms with van der Waals surface area (Å²) in [5, 5.41) is 12.4. The second-order valence-electron chi connectivity index (χ2n) is 6.48. The van der Waals surface area contributed by atoms with Gasteiger partial charge in [0, 0.05) is 19.1 Å². The average Bonchev–Trinajstić information content (AvgIpc) is 2.81. The lowest BCUT2D eigenvalue weighted by molar-refractivity contribution is -0.148. The van der Waals surface area contributed by atoms with Crippen LogP contribution in [0.25, 0.3) is 0 Å². The standard InChI is InChI=1S/C15H26N2O3/c1-3-11-6-5-9-17(10-11)14(20)16-12-7-4-8-15(12,2)13(18)19/h11-12H,3-10H2,1-2H3,(H,16,20)(H,18,19). The summed E-state index contributed by atoms with van der Waals surface area (Å²) in [5.74, 6) is -0.214. The van der Waals surface area contributed by atoms with Gasteiger partial charge in [-0.1, -0.05) is 19.8 Å². The first-order chi connectivity index (χ1) is 9.47. The molecule has 2 fully saturated rings. The van der Waals surface area contributed by atoms with Crippen molar-refractivity contribution in [2.24, 2.45) is 11.3 Å². The molecule has 1 heterocycles. The van der Waals surface area contributed by atoms with Gasteiger partial charge < -0.3 is 15.3 Å². The number of carbonyl (C=O) groups excluding carboxylic acids is 1. The fourth-order valence-electron chi connectivity index (χ4n) is 3.48. The largest absolute Gasteiger partial charge is 0.481 e. The topological polar surface area (TPSA) is 69.6 Å². The number of amides is 2. The van der Waals surface area contributed by atoms with Crippen LogP contribution in [0.15, 0.2) is 0 Å². The Hall–Kier alpha value is -1.26. The van der Waals surface area contributed by atoms with Crippen LogP contribution < -0.4 is 5.32 Å². The summed E-state index contributed by atoms with van der Waals surface area (Å²) in [7, 11) is 0. The molecule has 0 aromatic rings. The van der Waals surface area contributed by atoms with E-state index in [4.69, 9.17) is 0 Å². The van der Waals surface area contributed by atoms with Gasteiger partial charge in [-0.15, -0.1) is 0 Å². The summed E-state index contributed by atoms with van der Waals surface area (Å²) in [6.45, 7) is 5.50. The third-order valence-corrected chi connectivity index (χ3v) is 5.13.